The van der Waals surface area contributed by atoms with E-state index in [9.17, 15) is 15.0 Å². The van der Waals surface area contributed by atoms with Gasteiger partial charge in [-0.3, -0.25) is 14.3 Å². The highest BCUT2D eigenvalue weighted by Gasteiger charge is 2.45. The second kappa shape index (κ2) is 4.77. The molecule has 0 amide bonds. The van der Waals surface area contributed by atoms with Crippen LogP contribution in [-0.2, 0) is 11.8 Å². The third-order valence-corrected chi connectivity index (χ3v) is 3.66. The number of aromatic nitrogens is 4. The minimum Gasteiger partial charge on any atom is -0.394 e. The Morgan fingerprint density at radius 2 is 2.33 bits per heavy atom. The molecule has 10 heteroatoms. The zero-order valence-electron chi connectivity index (χ0n) is 11.3. The number of nitrogens with two attached hydrogens (primary N) is 2. The Balaban J connectivity index is 2.16. The van der Waals surface area contributed by atoms with E-state index in [1.165, 1.54) is 4.57 Å². The van der Waals surface area contributed by atoms with E-state index in [4.69, 9.17) is 16.2 Å². The fourth-order valence-electron chi connectivity index (χ4n) is 2.62. The quantitative estimate of drug-likeness (QED) is 0.363. The third-order valence-electron chi connectivity index (χ3n) is 3.66. The molecule has 0 saturated carbocycles. The normalized spacial score (nSPS) is 29.3. The highest BCUT2D eigenvalue weighted by molar-refractivity contribution is 5.67. The number of anilines is 1. The van der Waals surface area contributed by atoms with Crippen molar-refractivity contribution in [3.63, 3.8) is 0 Å². The average Bonchev–Trinajstić information content (AvgIpc) is 2.89. The van der Waals surface area contributed by atoms with Crippen molar-refractivity contribution in [2.75, 3.05) is 12.3 Å². The van der Waals surface area contributed by atoms with Crippen LogP contribution < -0.4 is 21.6 Å². The summed E-state index contributed by atoms with van der Waals surface area (Å²) in [7, 11) is 1.67. The molecule has 10 nitrogen and oxygen atoms in total. The number of aromatic amines is 1. The summed E-state index contributed by atoms with van der Waals surface area (Å²) in [5.41, 5.74) is 11.7. The Bertz CT molecular complexity index is 740. The Kier molecular flexibility index (Phi) is 3.17. The lowest BCUT2D eigenvalue weighted by molar-refractivity contribution is -0.740. The van der Waals surface area contributed by atoms with E-state index in [2.05, 4.69) is 9.97 Å². The summed E-state index contributed by atoms with van der Waals surface area (Å²) in [5, 5.41) is 19.1. The number of hydrogen-bond donors (Lipinski definition) is 5. The average molecular weight is 297 g/mol. The van der Waals surface area contributed by atoms with Crippen LogP contribution in [-0.4, -0.2) is 49.6 Å². The van der Waals surface area contributed by atoms with Crippen LogP contribution in [0.25, 0.3) is 11.2 Å². The molecule has 0 aromatic carbocycles. The summed E-state index contributed by atoms with van der Waals surface area (Å²) in [6, 6.07) is -0.764. The number of nitrogen functional groups attached to an aromatic ring is 1. The molecule has 21 heavy (non-hydrogen) atoms. The molecule has 1 aliphatic heterocycles. The van der Waals surface area contributed by atoms with Crippen LogP contribution in [0.15, 0.2) is 11.1 Å². The molecule has 2 aromatic heterocycles. The molecular formula is C11H17N6O4+. The standard InChI is InChI=1S/C11H16N6O4/c1-16-3-17(8-6(16)9(20)15-11(13)14-8)10-5(12)7(19)4(2-18)21-10/h3-5,7,10,18-19H,2,12H2,1H3,(H2-,13,14,15,20)/p+1/t4-,5-,7-,10-/m1/s1. The van der Waals surface area contributed by atoms with Crippen LogP contribution in [0.3, 0.4) is 0 Å². The molecular weight excluding hydrogens is 280 g/mol. The van der Waals surface area contributed by atoms with Gasteiger partial charge in [0.15, 0.2) is 6.33 Å². The van der Waals surface area contributed by atoms with Crippen molar-refractivity contribution in [1.82, 2.24) is 14.5 Å². The van der Waals surface area contributed by atoms with Gasteiger partial charge in [-0.15, -0.1) is 0 Å². The van der Waals surface area contributed by atoms with Gasteiger partial charge in [-0.25, -0.2) is 4.57 Å². The number of imidazole rings is 1. The van der Waals surface area contributed by atoms with E-state index in [-0.39, 0.29) is 18.1 Å². The van der Waals surface area contributed by atoms with E-state index in [1.54, 1.807) is 17.9 Å². The molecule has 0 radical (unpaired) electrons. The molecule has 0 unspecified atom stereocenters. The smallest absolute Gasteiger partial charge is 0.313 e. The molecule has 1 saturated heterocycles. The molecule has 0 spiro atoms. The molecule has 4 atom stereocenters. The largest absolute Gasteiger partial charge is 0.394 e. The fourth-order valence-corrected chi connectivity index (χ4v) is 2.62. The summed E-state index contributed by atoms with van der Waals surface area (Å²) < 4.78 is 8.65. The van der Waals surface area contributed by atoms with Crippen LogP contribution in [0.4, 0.5) is 5.95 Å². The lowest BCUT2D eigenvalue weighted by Gasteiger charge is -2.12. The number of aliphatic hydroxyl groups excluding tert-OH is 2. The number of fused-ring (bicyclic) bond motifs is 1. The van der Waals surface area contributed by atoms with Crippen LogP contribution >= 0.6 is 0 Å². The molecule has 0 aliphatic carbocycles. The number of ether oxygens (including phenoxy) is 1. The number of H-pyrrole nitrogens is 1. The first-order chi connectivity index (χ1) is 9.93. The molecule has 0 bridgehead atoms. The topological polar surface area (TPSA) is 156 Å². The van der Waals surface area contributed by atoms with Gasteiger partial charge in [-0.05, 0) is 0 Å². The van der Waals surface area contributed by atoms with Crippen LogP contribution in [0.2, 0.25) is 0 Å². The summed E-state index contributed by atoms with van der Waals surface area (Å²) in [4.78, 5) is 18.5. The monoisotopic (exact) mass is 297 g/mol. The van der Waals surface area contributed by atoms with Gasteiger partial charge in [-0.1, -0.05) is 4.98 Å². The van der Waals surface area contributed by atoms with Crippen LogP contribution in [0.1, 0.15) is 6.23 Å². The molecule has 7 N–H and O–H groups in total. The van der Waals surface area contributed by atoms with Gasteiger partial charge in [0.05, 0.1) is 19.7 Å². The van der Waals surface area contributed by atoms with Gasteiger partial charge in [-0.2, -0.15) is 0 Å². The molecule has 114 valence electrons. The summed E-state index contributed by atoms with van der Waals surface area (Å²) in [6.07, 6.45) is -0.965. The lowest BCUT2D eigenvalue weighted by atomic mass is 10.1. The SMILES string of the molecule is Cn1c[n+]([C@@H]2O[C@H](CO)[C@@H](O)[C@H]2N)c2nc(N)[nH]c(=O)c21. The van der Waals surface area contributed by atoms with Gasteiger partial charge in [0.2, 0.25) is 11.7 Å². The summed E-state index contributed by atoms with van der Waals surface area (Å²) in [5.74, 6) is -0.0294. The van der Waals surface area contributed by atoms with E-state index in [1.807, 2.05) is 0 Å². The Morgan fingerprint density at radius 3 is 2.95 bits per heavy atom. The minimum atomic E-state index is -1.01. The van der Waals surface area contributed by atoms with Crippen molar-refractivity contribution < 1.29 is 19.5 Å². The number of aryl methyl sites for hydroxylation is 1. The molecule has 1 fully saturated rings. The molecule has 1 aliphatic rings. The van der Waals surface area contributed by atoms with Crippen LogP contribution in [0, 0.1) is 0 Å². The number of nitrogens with one attached hydrogen (secondary N) is 1. The fraction of sp³-hybridized carbons (Fsp3) is 0.545. The minimum absolute atomic E-state index is 0.0294. The van der Waals surface area contributed by atoms with Gasteiger partial charge < -0.3 is 26.4 Å². The first kappa shape index (κ1) is 13.9. The van der Waals surface area contributed by atoms with E-state index < -0.39 is 24.5 Å². The highest BCUT2D eigenvalue weighted by atomic mass is 16.5. The Labute approximate surface area is 118 Å². The highest BCUT2D eigenvalue weighted by Crippen LogP contribution is 2.24. The number of nitrogens with zero attached hydrogens (tertiary/aromatic N) is 3. The molecule has 2 aromatic rings. The maximum atomic E-state index is 11.9. The van der Waals surface area contributed by atoms with Crippen molar-refractivity contribution in [2.45, 2.75) is 24.5 Å². The van der Waals surface area contributed by atoms with Crippen molar-refractivity contribution in [1.29, 1.82) is 0 Å². The summed E-state index contributed by atoms with van der Waals surface area (Å²) >= 11 is 0. The molecule has 3 heterocycles. The lowest BCUT2D eigenvalue weighted by Crippen LogP contribution is -2.50. The maximum absolute atomic E-state index is 11.9. The van der Waals surface area contributed by atoms with Crippen molar-refractivity contribution >= 4 is 17.1 Å². The predicted octanol–water partition coefficient (Wildman–Crippen LogP) is -3.29. The van der Waals surface area contributed by atoms with Crippen molar-refractivity contribution in [3.05, 3.63) is 16.7 Å². The van der Waals surface area contributed by atoms with E-state index in [0.29, 0.717) is 11.2 Å². The van der Waals surface area contributed by atoms with Crippen molar-refractivity contribution in [3.8, 4) is 0 Å². The Morgan fingerprint density at radius 1 is 1.62 bits per heavy atom. The number of aliphatic hydroxyl groups is 2. The third kappa shape index (κ3) is 2.00. The predicted molar refractivity (Wildman–Crippen MR) is 70.9 cm³/mol. The zero-order chi connectivity index (χ0) is 15.3. The zero-order valence-corrected chi connectivity index (χ0v) is 11.3. The second-order valence-electron chi connectivity index (χ2n) is 5.07. The first-order valence-electron chi connectivity index (χ1n) is 6.40. The van der Waals surface area contributed by atoms with E-state index >= 15 is 0 Å². The number of rotatable bonds is 2. The number of hydrogen-bond acceptors (Lipinski definition) is 7. The summed E-state index contributed by atoms with van der Waals surface area (Å²) in [6.45, 7) is -0.354. The Hall–Kier alpha value is -2.01. The first-order valence-corrected chi connectivity index (χ1v) is 6.40. The maximum Gasteiger partial charge on any atom is 0.313 e. The molecule has 3 rings (SSSR count). The van der Waals surface area contributed by atoms with Crippen molar-refractivity contribution in [2.24, 2.45) is 12.8 Å². The second-order valence-corrected chi connectivity index (χ2v) is 5.07. The van der Waals surface area contributed by atoms with Gasteiger partial charge in [0.1, 0.15) is 12.2 Å². The van der Waals surface area contributed by atoms with Gasteiger partial charge >= 0.3 is 5.65 Å². The van der Waals surface area contributed by atoms with E-state index in [0.717, 1.165) is 0 Å². The van der Waals surface area contributed by atoms with Gasteiger partial charge in [0.25, 0.3) is 11.5 Å². The van der Waals surface area contributed by atoms with Crippen LogP contribution in [0.5, 0.6) is 0 Å². The van der Waals surface area contributed by atoms with Gasteiger partial charge in [0, 0.05) is 0 Å².